The van der Waals surface area contributed by atoms with Crippen LogP contribution in [0.2, 0.25) is 0 Å². The van der Waals surface area contributed by atoms with Gasteiger partial charge >= 0.3 is 6.03 Å². The van der Waals surface area contributed by atoms with Crippen LogP contribution in [0.4, 0.5) is 16.2 Å². The van der Waals surface area contributed by atoms with Gasteiger partial charge in [-0.15, -0.1) is 0 Å². The second kappa shape index (κ2) is 11.0. The molecule has 0 aliphatic carbocycles. The first-order valence-electron chi connectivity index (χ1n) is 10.8. The van der Waals surface area contributed by atoms with Crippen molar-refractivity contribution in [1.82, 2.24) is 10.2 Å². The molecule has 3 N–H and O–H groups in total. The van der Waals surface area contributed by atoms with Crippen molar-refractivity contribution in [2.45, 2.75) is 26.0 Å². The van der Waals surface area contributed by atoms with Gasteiger partial charge in [0, 0.05) is 44.7 Å². The summed E-state index contributed by atoms with van der Waals surface area (Å²) in [6, 6.07) is 13.9. The summed E-state index contributed by atoms with van der Waals surface area (Å²) in [5, 5.41) is 9.01. The molecule has 3 atom stereocenters. The number of amides is 3. The number of hydrogen-bond donors (Lipinski definition) is 3. The van der Waals surface area contributed by atoms with E-state index in [4.69, 9.17) is 9.47 Å². The molecule has 0 spiro atoms. The molecular formula is C24H32N4O4. The van der Waals surface area contributed by atoms with Gasteiger partial charge in [0.15, 0.2) is 0 Å². The number of nitrogens with one attached hydrogen (secondary N) is 3. The number of nitrogens with zero attached hydrogens (tertiary/aromatic N) is 1. The van der Waals surface area contributed by atoms with E-state index in [0.29, 0.717) is 35.8 Å². The number of rotatable bonds is 3. The lowest BCUT2D eigenvalue weighted by Gasteiger charge is -2.30. The van der Waals surface area contributed by atoms with E-state index >= 15 is 0 Å². The maximum absolute atomic E-state index is 13.3. The largest absolute Gasteiger partial charge is 0.491 e. The zero-order chi connectivity index (χ0) is 23.1. The fourth-order valence-corrected chi connectivity index (χ4v) is 3.55. The average Bonchev–Trinajstić information content (AvgIpc) is 2.79. The highest BCUT2D eigenvalue weighted by Gasteiger charge is 2.25. The van der Waals surface area contributed by atoms with E-state index < -0.39 is 6.03 Å². The number of ether oxygens (including phenoxy) is 2. The molecular weight excluding hydrogens is 408 g/mol. The Bertz CT molecular complexity index is 921. The third kappa shape index (κ3) is 6.21. The second-order valence-corrected chi connectivity index (χ2v) is 8.21. The Hall–Kier alpha value is -3.10. The summed E-state index contributed by atoms with van der Waals surface area (Å²) < 4.78 is 11.6. The first kappa shape index (κ1) is 23.6. The van der Waals surface area contributed by atoms with Gasteiger partial charge in [-0.3, -0.25) is 4.79 Å². The van der Waals surface area contributed by atoms with Crippen molar-refractivity contribution in [3.63, 3.8) is 0 Å². The van der Waals surface area contributed by atoms with Crippen LogP contribution in [-0.4, -0.2) is 62.8 Å². The van der Waals surface area contributed by atoms with Crippen LogP contribution in [0.15, 0.2) is 48.5 Å². The minimum atomic E-state index is -0.392. The highest BCUT2D eigenvalue weighted by atomic mass is 16.5. The van der Waals surface area contributed by atoms with E-state index in [0.717, 1.165) is 6.54 Å². The van der Waals surface area contributed by atoms with Gasteiger partial charge in [-0.2, -0.15) is 0 Å². The van der Waals surface area contributed by atoms with Crippen molar-refractivity contribution in [3.8, 4) is 5.75 Å². The summed E-state index contributed by atoms with van der Waals surface area (Å²) in [6.07, 6.45) is -0.106. The van der Waals surface area contributed by atoms with Gasteiger partial charge in [-0.1, -0.05) is 25.1 Å². The molecule has 1 heterocycles. The van der Waals surface area contributed by atoms with Gasteiger partial charge in [-0.25, -0.2) is 4.79 Å². The lowest BCUT2D eigenvalue weighted by Crippen LogP contribution is -2.44. The van der Waals surface area contributed by atoms with Crippen molar-refractivity contribution in [2.75, 3.05) is 44.5 Å². The van der Waals surface area contributed by atoms with Crippen LogP contribution >= 0.6 is 0 Å². The summed E-state index contributed by atoms with van der Waals surface area (Å²) in [7, 11) is 3.41. The fourth-order valence-electron chi connectivity index (χ4n) is 3.55. The standard InChI is InChI=1S/C24H32N4O4/c1-16-13-25-17(2)15-32-21-11-10-19(27-24(30)26-18-8-6-5-7-9-18)12-20(21)23(29)28(3)14-22(16)31-4/h5-12,16-17,22,25H,13-15H2,1-4H3,(H2,26,27,30)/t16-,17-,22+/m0/s1. The van der Waals surface area contributed by atoms with Gasteiger partial charge in [-0.05, 0) is 43.2 Å². The predicted octanol–water partition coefficient (Wildman–Crippen LogP) is 3.42. The number of carbonyl (C=O) groups excluding carboxylic acids is 2. The fraction of sp³-hybridized carbons (Fsp3) is 0.417. The van der Waals surface area contributed by atoms with Crippen LogP contribution in [-0.2, 0) is 4.74 Å². The molecule has 1 aliphatic rings. The molecule has 0 bridgehead atoms. The van der Waals surface area contributed by atoms with E-state index in [1.54, 1.807) is 49.4 Å². The number of carbonyl (C=O) groups is 2. The molecule has 1 aliphatic heterocycles. The minimum absolute atomic E-state index is 0.101. The average molecular weight is 441 g/mol. The Morgan fingerprint density at radius 3 is 2.56 bits per heavy atom. The molecule has 8 heteroatoms. The minimum Gasteiger partial charge on any atom is -0.491 e. The summed E-state index contributed by atoms with van der Waals surface area (Å²) in [4.78, 5) is 27.3. The van der Waals surface area contributed by atoms with Crippen molar-refractivity contribution in [1.29, 1.82) is 0 Å². The maximum Gasteiger partial charge on any atom is 0.323 e. The lowest BCUT2D eigenvalue weighted by atomic mass is 10.0. The predicted molar refractivity (Wildman–Crippen MR) is 125 cm³/mol. The highest BCUT2D eigenvalue weighted by Crippen LogP contribution is 2.26. The Morgan fingerprint density at radius 1 is 1.12 bits per heavy atom. The monoisotopic (exact) mass is 440 g/mol. The Morgan fingerprint density at radius 2 is 1.84 bits per heavy atom. The van der Waals surface area contributed by atoms with Gasteiger partial charge in [0.25, 0.3) is 5.91 Å². The second-order valence-electron chi connectivity index (χ2n) is 8.21. The first-order valence-corrected chi connectivity index (χ1v) is 10.8. The molecule has 0 fully saturated rings. The van der Waals surface area contributed by atoms with Gasteiger partial charge in [0.2, 0.25) is 0 Å². The first-order chi connectivity index (χ1) is 15.4. The van der Waals surface area contributed by atoms with Crippen LogP contribution in [0, 0.1) is 5.92 Å². The third-order valence-corrected chi connectivity index (χ3v) is 5.51. The maximum atomic E-state index is 13.3. The van der Waals surface area contributed by atoms with Crippen LogP contribution in [0.1, 0.15) is 24.2 Å². The van der Waals surface area contributed by atoms with Crippen molar-refractivity contribution in [2.24, 2.45) is 5.92 Å². The van der Waals surface area contributed by atoms with Gasteiger partial charge in [0.1, 0.15) is 12.4 Å². The zero-order valence-corrected chi connectivity index (χ0v) is 19.1. The summed E-state index contributed by atoms with van der Waals surface area (Å²) >= 11 is 0. The molecule has 2 aromatic rings. The number of anilines is 2. The molecule has 3 rings (SSSR count). The summed E-state index contributed by atoms with van der Waals surface area (Å²) in [6.45, 7) is 5.75. The normalized spacial score (nSPS) is 22.1. The number of urea groups is 1. The van der Waals surface area contributed by atoms with Crippen LogP contribution in [0.5, 0.6) is 5.75 Å². The highest BCUT2D eigenvalue weighted by molar-refractivity contribution is 6.02. The Kier molecular flexibility index (Phi) is 8.08. The van der Waals surface area contributed by atoms with Gasteiger partial charge < -0.3 is 30.3 Å². The molecule has 172 valence electrons. The SMILES string of the molecule is CO[C@@H]1CN(C)C(=O)c2cc(NC(=O)Nc3ccccc3)ccc2OC[C@H](C)NC[C@@H]1C. The van der Waals surface area contributed by atoms with Gasteiger partial charge in [0.05, 0.1) is 11.7 Å². The van der Waals surface area contributed by atoms with Crippen molar-refractivity contribution >= 4 is 23.3 Å². The number of likely N-dealkylation sites (N-methyl/N-ethyl adjacent to an activating group) is 1. The Labute approximate surface area is 189 Å². The molecule has 0 unspecified atom stereocenters. The molecule has 2 aromatic carbocycles. The molecule has 0 radical (unpaired) electrons. The zero-order valence-electron chi connectivity index (χ0n) is 19.1. The quantitative estimate of drug-likeness (QED) is 0.680. The molecule has 32 heavy (non-hydrogen) atoms. The summed E-state index contributed by atoms with van der Waals surface area (Å²) in [5.41, 5.74) is 1.56. The van der Waals surface area contributed by atoms with Crippen molar-refractivity contribution < 1.29 is 19.1 Å². The molecule has 0 saturated carbocycles. The number of benzene rings is 2. The lowest BCUT2D eigenvalue weighted by molar-refractivity contribution is 0.0281. The number of hydrogen-bond acceptors (Lipinski definition) is 5. The molecule has 3 amide bonds. The summed E-state index contributed by atoms with van der Waals surface area (Å²) in [5.74, 6) is 0.501. The molecule has 0 aromatic heterocycles. The Balaban J connectivity index is 1.82. The van der Waals surface area contributed by atoms with E-state index in [1.807, 2.05) is 25.1 Å². The topological polar surface area (TPSA) is 91.9 Å². The third-order valence-electron chi connectivity index (χ3n) is 5.51. The molecule has 0 saturated heterocycles. The van der Waals surface area contributed by atoms with Crippen molar-refractivity contribution in [3.05, 3.63) is 54.1 Å². The van der Waals surface area contributed by atoms with E-state index in [1.165, 1.54) is 0 Å². The number of para-hydroxylation sites is 1. The van der Waals surface area contributed by atoms with Crippen LogP contribution in [0.25, 0.3) is 0 Å². The van der Waals surface area contributed by atoms with E-state index in [2.05, 4.69) is 22.9 Å². The van der Waals surface area contributed by atoms with E-state index in [9.17, 15) is 9.59 Å². The van der Waals surface area contributed by atoms with E-state index in [-0.39, 0.29) is 24.0 Å². The smallest absolute Gasteiger partial charge is 0.323 e. The number of methoxy groups -OCH3 is 1. The van der Waals surface area contributed by atoms with Crippen LogP contribution in [0.3, 0.4) is 0 Å². The van der Waals surface area contributed by atoms with Crippen LogP contribution < -0.4 is 20.7 Å². The number of fused-ring (bicyclic) bond motifs is 1. The molecule has 8 nitrogen and oxygen atoms in total.